The second-order valence-electron chi connectivity index (χ2n) is 7.52. The first-order valence-electron chi connectivity index (χ1n) is 8.07. The molecular weight excluding hydrogens is 300 g/mol. The maximum absolute atomic E-state index is 12.4. The van der Waals surface area contributed by atoms with Gasteiger partial charge in [-0.2, -0.15) is 0 Å². The van der Waals surface area contributed by atoms with Crippen molar-refractivity contribution in [3.05, 3.63) is 11.6 Å². The number of carbonyl (C=O) groups is 1. The number of amides is 1. The van der Waals surface area contributed by atoms with Crippen LogP contribution < -0.4 is 4.90 Å². The average molecular weight is 320 g/mol. The predicted octanol–water partition coefficient (Wildman–Crippen LogP) is 3.77. The van der Waals surface area contributed by atoms with E-state index in [1.807, 2.05) is 23.3 Å². The molecule has 0 aromatic carbocycles. The van der Waals surface area contributed by atoms with E-state index in [1.165, 1.54) is 38.5 Å². The summed E-state index contributed by atoms with van der Waals surface area (Å²) in [5.41, 5.74) is 0.386. The van der Waals surface area contributed by atoms with Crippen molar-refractivity contribution in [2.45, 2.75) is 43.9 Å². The van der Waals surface area contributed by atoms with E-state index in [0.29, 0.717) is 16.5 Å². The minimum absolute atomic E-state index is 0.274. The van der Waals surface area contributed by atoms with E-state index >= 15 is 0 Å². The molecule has 3 nitrogen and oxygen atoms in total. The molecule has 1 unspecified atom stereocenters. The zero-order valence-electron chi connectivity index (χ0n) is 12.0. The number of thiazole rings is 1. The molecule has 0 radical (unpaired) electrons. The molecule has 112 valence electrons. The number of carbonyl (C=O) groups excluding carboxylic acids is 1. The summed E-state index contributed by atoms with van der Waals surface area (Å²) in [7, 11) is 0. The van der Waals surface area contributed by atoms with E-state index in [9.17, 15) is 4.79 Å². The third-order valence-electron chi connectivity index (χ3n) is 6.10. The molecule has 5 fully saturated rings. The Morgan fingerprint density at radius 3 is 2.38 bits per heavy atom. The standard InChI is InChI=1S/C16H20N2OS2/c19-13-9-21-14(18(13)15-17-1-2-20-15)16-6-10-3-11(7-16)5-12(4-10)8-16/h1-2,10-12,14H,3-9H2. The van der Waals surface area contributed by atoms with E-state index in [2.05, 4.69) is 9.88 Å². The molecule has 1 aromatic heterocycles. The van der Waals surface area contributed by atoms with Gasteiger partial charge in [-0.05, 0) is 56.3 Å². The maximum atomic E-state index is 12.4. The average Bonchev–Trinajstić information content (AvgIpc) is 3.05. The molecule has 1 aromatic rings. The monoisotopic (exact) mass is 320 g/mol. The third kappa shape index (κ3) is 1.86. The van der Waals surface area contributed by atoms with Crippen LogP contribution in [0.15, 0.2) is 11.6 Å². The normalized spacial score (nSPS) is 44.8. The Labute approximate surface area is 133 Å². The first-order chi connectivity index (χ1) is 10.2. The van der Waals surface area contributed by atoms with Crippen molar-refractivity contribution in [3.8, 4) is 0 Å². The van der Waals surface area contributed by atoms with Crippen molar-refractivity contribution in [1.82, 2.24) is 4.98 Å². The van der Waals surface area contributed by atoms with Crippen LogP contribution in [0, 0.1) is 23.2 Å². The molecule has 5 aliphatic rings. The van der Waals surface area contributed by atoms with Gasteiger partial charge in [0.05, 0.1) is 11.1 Å². The summed E-state index contributed by atoms with van der Waals surface area (Å²) in [5.74, 6) is 3.73. The molecule has 1 amide bonds. The van der Waals surface area contributed by atoms with Crippen LogP contribution in [0.2, 0.25) is 0 Å². The second kappa shape index (κ2) is 4.48. The number of rotatable bonds is 2. The van der Waals surface area contributed by atoms with E-state index in [-0.39, 0.29) is 5.91 Å². The zero-order chi connectivity index (χ0) is 14.0. The number of hydrogen-bond acceptors (Lipinski definition) is 4. The highest BCUT2D eigenvalue weighted by Gasteiger charge is 2.58. The summed E-state index contributed by atoms with van der Waals surface area (Å²) < 4.78 is 0. The van der Waals surface area contributed by atoms with E-state index < -0.39 is 0 Å². The number of anilines is 1. The first-order valence-corrected chi connectivity index (χ1v) is 9.99. The number of hydrogen-bond donors (Lipinski definition) is 0. The van der Waals surface area contributed by atoms with Crippen molar-refractivity contribution >= 4 is 34.1 Å². The summed E-state index contributed by atoms with van der Waals surface area (Å²) in [6, 6.07) is 0. The minimum atomic E-state index is 0.274. The molecule has 4 aliphatic carbocycles. The van der Waals surface area contributed by atoms with Gasteiger partial charge in [0.2, 0.25) is 5.91 Å². The lowest BCUT2D eigenvalue weighted by Gasteiger charge is -2.59. The lowest BCUT2D eigenvalue weighted by Crippen LogP contribution is -2.55. The van der Waals surface area contributed by atoms with Crippen LogP contribution in [-0.2, 0) is 4.79 Å². The van der Waals surface area contributed by atoms with Crippen LogP contribution >= 0.6 is 23.1 Å². The fourth-order valence-electron chi connectivity index (χ4n) is 5.90. The first kappa shape index (κ1) is 12.9. The highest BCUT2D eigenvalue weighted by molar-refractivity contribution is 8.01. The molecule has 1 aliphatic heterocycles. The fraction of sp³-hybridized carbons (Fsp3) is 0.750. The third-order valence-corrected chi connectivity index (χ3v) is 8.31. The summed E-state index contributed by atoms with van der Waals surface area (Å²) in [4.78, 5) is 18.9. The molecule has 0 spiro atoms. The second-order valence-corrected chi connectivity index (χ2v) is 9.46. The highest BCUT2D eigenvalue weighted by atomic mass is 32.2. The van der Waals surface area contributed by atoms with Gasteiger partial charge in [0.1, 0.15) is 0 Å². The Morgan fingerprint density at radius 1 is 1.14 bits per heavy atom. The van der Waals surface area contributed by atoms with Crippen molar-refractivity contribution in [3.63, 3.8) is 0 Å². The van der Waals surface area contributed by atoms with Gasteiger partial charge < -0.3 is 0 Å². The van der Waals surface area contributed by atoms with Gasteiger partial charge in [0.15, 0.2) is 5.13 Å². The summed E-state index contributed by atoms with van der Waals surface area (Å²) >= 11 is 3.50. The largest absolute Gasteiger partial charge is 0.274 e. The molecule has 4 bridgehead atoms. The van der Waals surface area contributed by atoms with Crippen molar-refractivity contribution in [2.24, 2.45) is 23.2 Å². The SMILES string of the molecule is O=C1CSC(C23CC4CC(CC(C4)C2)C3)N1c1nccs1. The molecule has 6 rings (SSSR count). The van der Waals surface area contributed by atoms with Crippen LogP contribution in [0.25, 0.3) is 0 Å². The minimum Gasteiger partial charge on any atom is -0.274 e. The van der Waals surface area contributed by atoms with Crippen LogP contribution in [0.5, 0.6) is 0 Å². The van der Waals surface area contributed by atoms with Gasteiger partial charge in [-0.3, -0.25) is 9.69 Å². The topological polar surface area (TPSA) is 33.2 Å². The highest BCUT2D eigenvalue weighted by Crippen LogP contribution is 2.64. The number of aromatic nitrogens is 1. The Hall–Kier alpha value is -0.550. The Kier molecular flexibility index (Phi) is 2.76. The van der Waals surface area contributed by atoms with Gasteiger partial charge in [0.25, 0.3) is 0 Å². The van der Waals surface area contributed by atoms with Gasteiger partial charge in [-0.25, -0.2) is 4.98 Å². The summed E-state index contributed by atoms with van der Waals surface area (Å²) in [5, 5.41) is 3.26. The zero-order valence-corrected chi connectivity index (χ0v) is 13.7. The van der Waals surface area contributed by atoms with Crippen molar-refractivity contribution < 1.29 is 4.79 Å². The Morgan fingerprint density at radius 2 is 1.81 bits per heavy atom. The van der Waals surface area contributed by atoms with Crippen molar-refractivity contribution in [2.75, 3.05) is 10.7 Å². The Balaban J connectivity index is 1.53. The lowest BCUT2D eigenvalue weighted by atomic mass is 9.49. The van der Waals surface area contributed by atoms with Gasteiger partial charge in [-0.1, -0.05) is 0 Å². The van der Waals surface area contributed by atoms with Crippen LogP contribution in [0.3, 0.4) is 0 Å². The van der Waals surface area contributed by atoms with E-state index in [1.54, 1.807) is 11.3 Å². The maximum Gasteiger partial charge on any atom is 0.239 e. The van der Waals surface area contributed by atoms with E-state index in [4.69, 9.17) is 0 Å². The van der Waals surface area contributed by atoms with Crippen molar-refractivity contribution in [1.29, 1.82) is 0 Å². The molecule has 21 heavy (non-hydrogen) atoms. The van der Waals surface area contributed by atoms with Crippen LogP contribution in [0.4, 0.5) is 5.13 Å². The molecule has 5 heteroatoms. The molecule has 1 atom stereocenters. The van der Waals surface area contributed by atoms with Gasteiger partial charge >= 0.3 is 0 Å². The van der Waals surface area contributed by atoms with Gasteiger partial charge in [-0.15, -0.1) is 23.1 Å². The number of nitrogens with zero attached hydrogens (tertiary/aromatic N) is 2. The Bertz CT molecular complexity index is 536. The van der Waals surface area contributed by atoms with Crippen LogP contribution in [0.1, 0.15) is 38.5 Å². The molecule has 2 heterocycles. The van der Waals surface area contributed by atoms with Gasteiger partial charge in [0, 0.05) is 17.0 Å². The number of thioether (sulfide) groups is 1. The smallest absolute Gasteiger partial charge is 0.239 e. The quantitative estimate of drug-likeness (QED) is 0.832. The van der Waals surface area contributed by atoms with Crippen LogP contribution in [-0.4, -0.2) is 22.0 Å². The summed E-state index contributed by atoms with van der Waals surface area (Å²) in [6.45, 7) is 0. The predicted molar refractivity (Wildman–Crippen MR) is 86.5 cm³/mol. The summed E-state index contributed by atoms with van der Waals surface area (Å²) in [6.07, 6.45) is 10.3. The molecule has 1 saturated heterocycles. The molecular formula is C16H20N2OS2. The van der Waals surface area contributed by atoms with E-state index in [0.717, 1.165) is 22.9 Å². The molecule has 0 N–H and O–H groups in total. The molecule has 4 saturated carbocycles. The fourth-order valence-corrected chi connectivity index (χ4v) is 8.10. The lowest BCUT2D eigenvalue weighted by molar-refractivity contribution is -0.117.